The molecule has 0 saturated heterocycles. The van der Waals surface area contributed by atoms with Crippen molar-refractivity contribution in [2.24, 2.45) is 5.73 Å². The van der Waals surface area contributed by atoms with Crippen LogP contribution in [0.1, 0.15) is 47.2 Å². The monoisotopic (exact) mass is 485 g/mol. The Hall–Kier alpha value is -4.84. The lowest BCUT2D eigenvalue weighted by Gasteiger charge is -2.26. The summed E-state index contributed by atoms with van der Waals surface area (Å²) in [5.74, 6) is -0.276. The fourth-order valence-electron chi connectivity index (χ4n) is 3.90. The number of hydrogen-bond acceptors (Lipinski definition) is 8. The molecule has 0 aliphatic carbocycles. The van der Waals surface area contributed by atoms with Crippen LogP contribution < -0.4 is 19.9 Å². The van der Waals surface area contributed by atoms with Crippen molar-refractivity contribution in [2.75, 3.05) is 6.61 Å². The smallest absolute Gasteiger partial charge is 0.350 e. The van der Waals surface area contributed by atoms with Crippen molar-refractivity contribution in [3.8, 4) is 23.3 Å². The first kappa shape index (κ1) is 24.3. The van der Waals surface area contributed by atoms with E-state index in [0.29, 0.717) is 17.9 Å². The van der Waals surface area contributed by atoms with E-state index in [-0.39, 0.29) is 28.5 Å². The Bertz CT molecular complexity index is 1380. The van der Waals surface area contributed by atoms with Crippen molar-refractivity contribution in [3.05, 3.63) is 105 Å². The lowest BCUT2D eigenvalue weighted by atomic mass is 9.83. The van der Waals surface area contributed by atoms with Crippen LogP contribution in [0.2, 0.25) is 0 Å². The average molecular weight is 485 g/mol. The second-order valence-corrected chi connectivity index (χ2v) is 8.06. The van der Waals surface area contributed by atoms with Gasteiger partial charge in [-0.2, -0.15) is 5.26 Å². The van der Waals surface area contributed by atoms with Crippen LogP contribution in [0.4, 0.5) is 5.69 Å². The maximum atomic E-state index is 12.6. The van der Waals surface area contributed by atoms with Gasteiger partial charge in [0.2, 0.25) is 5.88 Å². The number of para-hydroxylation sites is 1. The third kappa shape index (κ3) is 4.98. The van der Waals surface area contributed by atoms with E-state index in [2.05, 4.69) is 13.0 Å². The third-order valence-corrected chi connectivity index (χ3v) is 5.70. The maximum absolute atomic E-state index is 12.6. The number of unbranched alkanes of at least 4 members (excludes halogenated alkanes) is 1. The van der Waals surface area contributed by atoms with Crippen LogP contribution in [0.15, 0.2) is 78.2 Å². The molecule has 1 aliphatic rings. The number of ether oxygens (including phenoxy) is 3. The Kier molecular flexibility index (Phi) is 7.16. The number of rotatable bonds is 8. The largest absolute Gasteiger partial charge is 0.494 e. The molecule has 2 N–H and O–H groups in total. The summed E-state index contributed by atoms with van der Waals surface area (Å²) in [5, 5.41) is 21.0. The number of carbonyl (C=O) groups excluding carboxylic acids is 1. The highest BCUT2D eigenvalue weighted by atomic mass is 16.6. The third-order valence-electron chi connectivity index (χ3n) is 5.70. The van der Waals surface area contributed by atoms with Gasteiger partial charge in [-0.15, -0.1) is 0 Å². The number of nitrogens with zero attached hydrogens (tertiary/aromatic N) is 2. The molecular weight excluding hydrogens is 462 g/mol. The molecule has 1 aliphatic heterocycles. The summed E-state index contributed by atoms with van der Waals surface area (Å²) < 4.78 is 16.8. The molecule has 3 aromatic carbocycles. The molecule has 4 rings (SSSR count). The molecule has 9 nitrogen and oxygen atoms in total. The van der Waals surface area contributed by atoms with Crippen LogP contribution in [0.3, 0.4) is 0 Å². The summed E-state index contributed by atoms with van der Waals surface area (Å²) in [5.41, 5.74) is 7.26. The zero-order chi connectivity index (χ0) is 25.7. The molecule has 182 valence electrons. The molecule has 0 amide bonds. The Balaban J connectivity index is 1.62. The molecule has 0 fully saturated rings. The van der Waals surface area contributed by atoms with E-state index in [9.17, 15) is 20.2 Å². The normalized spacial score (nSPS) is 14.3. The fraction of sp³-hybridized carbons (Fsp3) is 0.185. The van der Waals surface area contributed by atoms with E-state index >= 15 is 0 Å². The van der Waals surface area contributed by atoms with Crippen LogP contribution in [0.5, 0.6) is 17.2 Å². The van der Waals surface area contributed by atoms with Gasteiger partial charge in [0.1, 0.15) is 34.5 Å². The molecule has 0 spiro atoms. The number of hydrogen-bond donors (Lipinski definition) is 1. The van der Waals surface area contributed by atoms with Gasteiger partial charge >= 0.3 is 5.97 Å². The second kappa shape index (κ2) is 10.6. The molecule has 0 radical (unpaired) electrons. The summed E-state index contributed by atoms with van der Waals surface area (Å²) in [6.45, 7) is 2.72. The molecule has 0 bridgehead atoms. The van der Waals surface area contributed by atoms with Gasteiger partial charge in [-0.1, -0.05) is 43.7 Å². The summed E-state index contributed by atoms with van der Waals surface area (Å²) in [4.78, 5) is 23.2. The van der Waals surface area contributed by atoms with Crippen LogP contribution >= 0.6 is 0 Å². The van der Waals surface area contributed by atoms with Crippen LogP contribution in [0, 0.1) is 21.4 Å². The van der Waals surface area contributed by atoms with Crippen molar-refractivity contribution < 1.29 is 23.9 Å². The molecule has 9 heteroatoms. The van der Waals surface area contributed by atoms with Gasteiger partial charge < -0.3 is 19.9 Å². The van der Waals surface area contributed by atoms with Crippen molar-refractivity contribution in [1.82, 2.24) is 0 Å². The number of esters is 1. The van der Waals surface area contributed by atoms with Gasteiger partial charge in [-0.25, -0.2) is 4.79 Å². The van der Waals surface area contributed by atoms with E-state index in [1.807, 2.05) is 24.3 Å². The first-order valence-corrected chi connectivity index (χ1v) is 11.3. The Morgan fingerprint density at radius 2 is 1.86 bits per heavy atom. The number of fused-ring (bicyclic) bond motifs is 1. The molecule has 0 aromatic heterocycles. The number of carbonyl (C=O) groups is 1. The van der Waals surface area contributed by atoms with Crippen molar-refractivity contribution in [2.45, 2.75) is 25.7 Å². The summed E-state index contributed by atoms with van der Waals surface area (Å²) >= 11 is 0. The molecule has 36 heavy (non-hydrogen) atoms. The minimum absolute atomic E-state index is 0.0551. The average Bonchev–Trinajstić information content (AvgIpc) is 2.88. The standard InChI is InChI=1S/C27H23N3O6/c1-2-3-14-34-18-10-8-17(9-11-18)25-21-13-12-19(15-24(21)36-26(29)22(25)16-28)35-27(31)20-6-4-5-7-23(20)30(32)33/h4-13,15,25H,2-3,14,29H2,1H3. The van der Waals surface area contributed by atoms with E-state index in [1.165, 1.54) is 30.3 Å². The van der Waals surface area contributed by atoms with E-state index in [0.717, 1.165) is 24.2 Å². The van der Waals surface area contributed by atoms with E-state index in [4.69, 9.17) is 19.9 Å². The Morgan fingerprint density at radius 3 is 2.56 bits per heavy atom. The molecule has 1 unspecified atom stereocenters. The zero-order valence-electron chi connectivity index (χ0n) is 19.5. The highest BCUT2D eigenvalue weighted by molar-refractivity contribution is 5.95. The van der Waals surface area contributed by atoms with E-state index < -0.39 is 16.8 Å². The van der Waals surface area contributed by atoms with Crippen molar-refractivity contribution in [1.29, 1.82) is 5.26 Å². The number of benzene rings is 3. The van der Waals surface area contributed by atoms with Gasteiger partial charge in [-0.3, -0.25) is 10.1 Å². The number of nitro groups is 1. The Labute approximate surface area is 207 Å². The minimum atomic E-state index is -0.880. The van der Waals surface area contributed by atoms with Gasteiger partial charge in [-0.05, 0) is 36.2 Å². The minimum Gasteiger partial charge on any atom is -0.494 e. The molecule has 0 saturated carbocycles. The molecular formula is C27H23N3O6. The number of nitro benzene ring substituents is 1. The van der Waals surface area contributed by atoms with Crippen LogP contribution in [-0.4, -0.2) is 17.5 Å². The SMILES string of the molecule is CCCCOc1ccc(C2C(C#N)=C(N)Oc3cc(OC(=O)c4ccccc4[N+](=O)[O-])ccc32)cc1. The predicted octanol–water partition coefficient (Wildman–Crippen LogP) is 5.21. The first-order valence-electron chi connectivity index (χ1n) is 11.3. The molecule has 1 heterocycles. The molecule has 3 aromatic rings. The summed E-state index contributed by atoms with van der Waals surface area (Å²) in [6, 6.07) is 19.8. The van der Waals surface area contributed by atoms with Crippen molar-refractivity contribution in [3.63, 3.8) is 0 Å². The van der Waals surface area contributed by atoms with E-state index in [1.54, 1.807) is 12.1 Å². The van der Waals surface area contributed by atoms with Gasteiger partial charge in [0.15, 0.2) is 0 Å². The van der Waals surface area contributed by atoms with Gasteiger partial charge in [0.05, 0.1) is 17.4 Å². The highest BCUT2D eigenvalue weighted by Crippen LogP contribution is 2.43. The fourth-order valence-corrected chi connectivity index (χ4v) is 3.90. The first-order chi connectivity index (χ1) is 17.4. The number of allylic oxidation sites excluding steroid dienone is 1. The van der Waals surface area contributed by atoms with Crippen LogP contribution in [0.25, 0.3) is 0 Å². The lowest BCUT2D eigenvalue weighted by molar-refractivity contribution is -0.385. The van der Waals surface area contributed by atoms with Crippen molar-refractivity contribution >= 4 is 11.7 Å². The topological polar surface area (TPSA) is 138 Å². The van der Waals surface area contributed by atoms with Crippen LogP contribution in [-0.2, 0) is 0 Å². The van der Waals surface area contributed by atoms with Gasteiger partial charge in [0.25, 0.3) is 5.69 Å². The zero-order valence-corrected chi connectivity index (χ0v) is 19.5. The summed E-state index contributed by atoms with van der Waals surface area (Å²) in [6.07, 6.45) is 1.99. The Morgan fingerprint density at radius 1 is 1.14 bits per heavy atom. The summed E-state index contributed by atoms with van der Waals surface area (Å²) in [7, 11) is 0. The lowest BCUT2D eigenvalue weighted by Crippen LogP contribution is -2.21. The van der Waals surface area contributed by atoms with Gasteiger partial charge in [0, 0.05) is 17.7 Å². The highest BCUT2D eigenvalue weighted by Gasteiger charge is 2.31. The quantitative estimate of drug-likeness (QED) is 0.151. The predicted molar refractivity (Wildman–Crippen MR) is 131 cm³/mol. The molecule has 1 atom stereocenters. The number of nitrogens with two attached hydrogens (primary N) is 1. The number of nitriles is 1. The maximum Gasteiger partial charge on any atom is 0.350 e. The second-order valence-electron chi connectivity index (χ2n) is 8.06.